The lowest BCUT2D eigenvalue weighted by atomic mass is 9.74. The second kappa shape index (κ2) is 13.8. The average Bonchev–Trinajstić information content (AvgIpc) is 2.84. The van der Waals surface area contributed by atoms with E-state index >= 15 is 0 Å². The summed E-state index contributed by atoms with van der Waals surface area (Å²) in [5, 5.41) is 0. The number of hydrogen-bond donors (Lipinski definition) is 0. The van der Waals surface area contributed by atoms with Gasteiger partial charge in [0.05, 0.1) is 19.9 Å². The van der Waals surface area contributed by atoms with Crippen LogP contribution in [0, 0.1) is 54.0 Å². The lowest BCUT2D eigenvalue weighted by Crippen LogP contribution is -2.41. The number of halogens is 4. The molecule has 2 saturated carbocycles. The van der Waals surface area contributed by atoms with Crippen LogP contribution >= 0.6 is 0 Å². The largest absolute Gasteiger partial charge is 0.352 e. The molecule has 1 aliphatic heterocycles. The van der Waals surface area contributed by atoms with E-state index in [0.717, 1.165) is 57.2 Å². The monoisotopic (exact) mass is 486 g/mol. The molecular formula is C28H42F4O2. The van der Waals surface area contributed by atoms with E-state index in [2.05, 4.69) is 6.92 Å². The molecule has 194 valence electrons. The predicted molar refractivity (Wildman–Crippen MR) is 127 cm³/mol. The van der Waals surface area contributed by atoms with Crippen molar-refractivity contribution in [2.45, 2.75) is 90.8 Å². The van der Waals surface area contributed by atoms with E-state index in [0.29, 0.717) is 29.9 Å². The molecule has 6 heteroatoms. The molecule has 1 heterocycles. The number of alkyl halides is 1. The van der Waals surface area contributed by atoms with Crippen molar-refractivity contribution in [1.82, 2.24) is 0 Å². The maximum atomic E-state index is 12.5. The van der Waals surface area contributed by atoms with E-state index in [4.69, 9.17) is 9.47 Å². The van der Waals surface area contributed by atoms with Crippen molar-refractivity contribution < 1.29 is 27.0 Å². The highest BCUT2D eigenvalue weighted by atomic mass is 19.1. The van der Waals surface area contributed by atoms with Crippen LogP contribution in [-0.2, 0) is 9.47 Å². The summed E-state index contributed by atoms with van der Waals surface area (Å²) in [5.74, 6) is 0.966. The van der Waals surface area contributed by atoms with E-state index in [1.807, 2.05) is 0 Å². The predicted octanol–water partition coefficient (Wildman–Crippen LogP) is 8.16. The number of rotatable bonds is 6. The molecule has 0 N–H and O–H groups in total. The SMILES string of the molecule is CCCC1CCC(C2COC(C3CCC(CCF)CC3)OC2)CC1.Cc1c(F)cc(F)cc1F. The summed E-state index contributed by atoms with van der Waals surface area (Å²) in [4.78, 5) is 0. The number of ether oxygens (including phenoxy) is 2. The van der Waals surface area contributed by atoms with E-state index in [-0.39, 0.29) is 18.5 Å². The van der Waals surface area contributed by atoms with Gasteiger partial charge in [0.2, 0.25) is 0 Å². The van der Waals surface area contributed by atoms with E-state index in [9.17, 15) is 17.6 Å². The van der Waals surface area contributed by atoms with Gasteiger partial charge in [-0.15, -0.1) is 0 Å². The molecule has 1 aromatic carbocycles. The molecule has 0 aromatic heterocycles. The maximum Gasteiger partial charge on any atom is 0.160 e. The molecule has 0 atom stereocenters. The summed E-state index contributed by atoms with van der Waals surface area (Å²) in [7, 11) is 0. The Kier molecular flexibility index (Phi) is 11.2. The molecule has 0 amide bonds. The topological polar surface area (TPSA) is 18.5 Å². The summed E-state index contributed by atoms with van der Waals surface area (Å²) in [6, 6.07) is 1.30. The quantitative estimate of drug-likeness (QED) is 0.378. The second-order valence-electron chi connectivity index (χ2n) is 10.6. The van der Waals surface area contributed by atoms with Gasteiger partial charge >= 0.3 is 0 Å². The third-order valence-electron chi connectivity index (χ3n) is 8.24. The molecule has 3 fully saturated rings. The van der Waals surface area contributed by atoms with Gasteiger partial charge in [0.15, 0.2) is 6.29 Å². The van der Waals surface area contributed by atoms with Crippen molar-refractivity contribution in [3.05, 3.63) is 35.1 Å². The molecule has 1 aromatic rings. The maximum absolute atomic E-state index is 12.5. The van der Waals surface area contributed by atoms with Gasteiger partial charge in [-0.2, -0.15) is 0 Å². The highest BCUT2D eigenvalue weighted by Gasteiger charge is 2.35. The number of hydrogen-bond acceptors (Lipinski definition) is 2. The van der Waals surface area contributed by atoms with E-state index in [1.54, 1.807) is 0 Å². The standard InChI is InChI=1S/C21H37FO2.C7H5F3/c1-2-3-16-4-8-18(9-5-16)20-14-23-21(24-15-20)19-10-6-17(7-11-19)12-13-22;1-4-6(9)2-5(8)3-7(4)10/h16-21H,2-15H2,1H3;2-3H,1H3. The van der Waals surface area contributed by atoms with Crippen molar-refractivity contribution in [1.29, 1.82) is 0 Å². The molecular weight excluding hydrogens is 444 g/mol. The van der Waals surface area contributed by atoms with Crippen LogP contribution in [0.25, 0.3) is 0 Å². The van der Waals surface area contributed by atoms with Gasteiger partial charge in [-0.3, -0.25) is 4.39 Å². The van der Waals surface area contributed by atoms with Crippen molar-refractivity contribution >= 4 is 0 Å². The van der Waals surface area contributed by atoms with Crippen molar-refractivity contribution in [2.24, 2.45) is 29.6 Å². The fourth-order valence-electron chi connectivity index (χ4n) is 5.95. The minimum atomic E-state index is -0.888. The lowest BCUT2D eigenvalue weighted by Gasteiger charge is -2.41. The van der Waals surface area contributed by atoms with Crippen molar-refractivity contribution in [3.63, 3.8) is 0 Å². The minimum Gasteiger partial charge on any atom is -0.352 e. The molecule has 2 nitrogen and oxygen atoms in total. The van der Waals surface area contributed by atoms with Crippen LogP contribution in [0.4, 0.5) is 17.6 Å². The van der Waals surface area contributed by atoms with E-state index in [1.165, 1.54) is 45.4 Å². The highest BCUT2D eigenvalue weighted by Crippen LogP contribution is 2.39. The Labute approximate surface area is 202 Å². The smallest absolute Gasteiger partial charge is 0.160 e. The third-order valence-corrected chi connectivity index (χ3v) is 8.24. The summed E-state index contributed by atoms with van der Waals surface area (Å²) in [6.45, 7) is 5.20. The van der Waals surface area contributed by atoms with Gasteiger partial charge in [0, 0.05) is 29.5 Å². The molecule has 4 rings (SSSR count). The summed E-state index contributed by atoms with van der Waals surface area (Å²) in [5.41, 5.74) is -0.151. The molecule has 2 aliphatic carbocycles. The Morgan fingerprint density at radius 1 is 0.735 bits per heavy atom. The highest BCUT2D eigenvalue weighted by molar-refractivity contribution is 5.18. The van der Waals surface area contributed by atoms with Crippen LogP contribution in [0.15, 0.2) is 12.1 Å². The van der Waals surface area contributed by atoms with Gasteiger partial charge in [0.25, 0.3) is 0 Å². The molecule has 0 bridgehead atoms. The summed E-state index contributed by atoms with van der Waals surface area (Å²) < 4.78 is 61.6. The fourth-order valence-corrected chi connectivity index (χ4v) is 5.95. The Bertz CT molecular complexity index is 662. The molecule has 34 heavy (non-hydrogen) atoms. The summed E-state index contributed by atoms with van der Waals surface area (Å²) in [6.07, 6.45) is 13.7. The first-order valence-electron chi connectivity index (χ1n) is 13.3. The molecule has 0 radical (unpaired) electrons. The average molecular weight is 487 g/mol. The lowest BCUT2D eigenvalue weighted by molar-refractivity contribution is -0.237. The van der Waals surface area contributed by atoms with Crippen LogP contribution in [0.3, 0.4) is 0 Å². The van der Waals surface area contributed by atoms with Gasteiger partial charge in [0.1, 0.15) is 17.5 Å². The van der Waals surface area contributed by atoms with E-state index < -0.39 is 17.5 Å². The Morgan fingerprint density at radius 3 is 1.74 bits per heavy atom. The zero-order chi connectivity index (χ0) is 24.5. The first kappa shape index (κ1) is 27.4. The van der Waals surface area contributed by atoms with Crippen molar-refractivity contribution in [3.8, 4) is 0 Å². The molecule has 3 aliphatic rings. The Morgan fingerprint density at radius 2 is 1.24 bits per heavy atom. The normalized spacial score (nSPS) is 32.1. The molecule has 0 unspecified atom stereocenters. The molecule has 1 saturated heterocycles. The fraction of sp³-hybridized carbons (Fsp3) is 0.786. The number of benzene rings is 1. The van der Waals surface area contributed by atoms with Crippen LogP contribution in [0.2, 0.25) is 0 Å². The van der Waals surface area contributed by atoms with Crippen LogP contribution in [0.5, 0.6) is 0 Å². The second-order valence-corrected chi connectivity index (χ2v) is 10.6. The Hall–Kier alpha value is -1.14. The first-order valence-corrected chi connectivity index (χ1v) is 13.3. The van der Waals surface area contributed by atoms with Gasteiger partial charge < -0.3 is 9.47 Å². The van der Waals surface area contributed by atoms with Crippen LogP contribution in [-0.4, -0.2) is 26.2 Å². The Balaban J connectivity index is 0.000000271. The van der Waals surface area contributed by atoms with Crippen LogP contribution in [0.1, 0.15) is 83.1 Å². The molecule has 0 spiro atoms. The van der Waals surface area contributed by atoms with Crippen molar-refractivity contribution in [2.75, 3.05) is 19.9 Å². The summed E-state index contributed by atoms with van der Waals surface area (Å²) >= 11 is 0. The first-order chi connectivity index (χ1) is 16.4. The minimum absolute atomic E-state index is 0.0176. The van der Waals surface area contributed by atoms with Gasteiger partial charge in [-0.25, -0.2) is 13.2 Å². The van der Waals surface area contributed by atoms with Gasteiger partial charge in [-0.1, -0.05) is 32.6 Å². The van der Waals surface area contributed by atoms with Gasteiger partial charge in [-0.05, 0) is 69.6 Å². The van der Waals surface area contributed by atoms with Crippen LogP contribution < -0.4 is 0 Å². The third kappa shape index (κ3) is 7.94. The zero-order valence-corrected chi connectivity index (χ0v) is 20.8. The zero-order valence-electron chi connectivity index (χ0n) is 20.8.